The molecule has 0 bridgehead atoms. The zero-order valence-electron chi connectivity index (χ0n) is 14.7. The van der Waals surface area contributed by atoms with Gasteiger partial charge in [-0.3, -0.25) is 4.79 Å². The molecule has 1 N–H and O–H groups in total. The lowest BCUT2D eigenvalue weighted by molar-refractivity contribution is -0.115. The molecule has 0 heterocycles. The lowest BCUT2D eigenvalue weighted by Gasteiger charge is -2.45. The highest BCUT2D eigenvalue weighted by Crippen LogP contribution is 2.60. The molecule has 0 aromatic rings. The zero-order chi connectivity index (χ0) is 16.3. The van der Waals surface area contributed by atoms with Gasteiger partial charge in [0.05, 0.1) is 6.10 Å². The highest BCUT2D eigenvalue weighted by atomic mass is 16.3. The smallest absolute Gasteiger partial charge is 0.159 e. The number of carbonyl (C=O) groups excluding carboxylic acids is 1. The number of aliphatic hydroxyl groups is 1. The van der Waals surface area contributed by atoms with Crippen LogP contribution in [0.4, 0.5) is 0 Å². The molecule has 122 valence electrons. The lowest BCUT2D eigenvalue weighted by atomic mass is 9.61. The van der Waals surface area contributed by atoms with Crippen LogP contribution < -0.4 is 0 Å². The number of hydrogen-bond donors (Lipinski definition) is 1. The topological polar surface area (TPSA) is 37.3 Å². The van der Waals surface area contributed by atoms with Gasteiger partial charge in [0.1, 0.15) is 0 Å². The van der Waals surface area contributed by atoms with Crippen molar-refractivity contribution in [2.45, 2.75) is 72.8 Å². The Kier molecular flexibility index (Phi) is 3.67. The molecule has 0 saturated heterocycles. The summed E-state index contributed by atoms with van der Waals surface area (Å²) in [5.41, 5.74) is 3.76. The Hall–Kier alpha value is -0.890. The summed E-state index contributed by atoms with van der Waals surface area (Å²) in [5.74, 6) is 1.16. The molecule has 2 saturated carbocycles. The van der Waals surface area contributed by atoms with E-state index in [0.29, 0.717) is 24.0 Å². The fraction of sp³-hybridized carbons (Fsp3) is 0.750. The summed E-state index contributed by atoms with van der Waals surface area (Å²) in [6.07, 6.45) is 6.56. The number of aliphatic hydroxyl groups excluding tert-OH is 1. The van der Waals surface area contributed by atoms with Gasteiger partial charge in [-0.05, 0) is 69.3 Å². The molecule has 2 nitrogen and oxygen atoms in total. The van der Waals surface area contributed by atoms with E-state index in [1.54, 1.807) is 0 Å². The van der Waals surface area contributed by atoms with E-state index >= 15 is 0 Å². The van der Waals surface area contributed by atoms with Crippen LogP contribution in [-0.2, 0) is 4.79 Å². The number of carbonyl (C=O) groups is 1. The van der Waals surface area contributed by atoms with Gasteiger partial charge in [-0.15, -0.1) is 0 Å². The van der Waals surface area contributed by atoms with Crippen LogP contribution >= 0.6 is 0 Å². The first-order valence-electron chi connectivity index (χ1n) is 8.74. The zero-order valence-corrected chi connectivity index (χ0v) is 14.7. The molecule has 2 fully saturated rings. The molecule has 0 amide bonds. The summed E-state index contributed by atoms with van der Waals surface area (Å²) in [4.78, 5) is 12.6. The van der Waals surface area contributed by atoms with Crippen LogP contribution in [-0.4, -0.2) is 17.0 Å². The monoisotopic (exact) mass is 302 g/mol. The molecule has 3 rings (SSSR count). The van der Waals surface area contributed by atoms with Crippen LogP contribution in [0.1, 0.15) is 66.7 Å². The van der Waals surface area contributed by atoms with Crippen LogP contribution in [0.3, 0.4) is 0 Å². The number of rotatable bonds is 0. The molecule has 0 unspecified atom stereocenters. The van der Waals surface area contributed by atoms with Crippen molar-refractivity contribution in [3.63, 3.8) is 0 Å². The molecule has 0 aromatic carbocycles. The van der Waals surface area contributed by atoms with Crippen LogP contribution in [0.2, 0.25) is 0 Å². The summed E-state index contributed by atoms with van der Waals surface area (Å²) < 4.78 is 0. The van der Waals surface area contributed by atoms with Crippen LogP contribution in [0.25, 0.3) is 0 Å². The van der Waals surface area contributed by atoms with E-state index in [0.717, 1.165) is 31.3 Å². The molecule has 3 aliphatic rings. The largest absolute Gasteiger partial charge is 0.392 e. The van der Waals surface area contributed by atoms with Crippen LogP contribution in [0, 0.1) is 22.7 Å². The molecule has 0 spiro atoms. The van der Waals surface area contributed by atoms with E-state index in [-0.39, 0.29) is 16.9 Å². The third-order valence-electron chi connectivity index (χ3n) is 7.01. The van der Waals surface area contributed by atoms with E-state index < -0.39 is 0 Å². The van der Waals surface area contributed by atoms with Crippen LogP contribution in [0.5, 0.6) is 0 Å². The second-order valence-corrected chi connectivity index (χ2v) is 8.72. The molecule has 0 aliphatic heterocycles. The minimum Gasteiger partial charge on any atom is -0.392 e. The quantitative estimate of drug-likeness (QED) is 0.531. The summed E-state index contributed by atoms with van der Waals surface area (Å²) in [6.45, 7) is 11.0. The van der Waals surface area contributed by atoms with Crippen molar-refractivity contribution >= 4 is 5.78 Å². The molecule has 2 heteroatoms. The Morgan fingerprint density at radius 3 is 2.59 bits per heavy atom. The average Bonchev–Trinajstić information content (AvgIpc) is 2.61. The number of hydrogen-bond acceptors (Lipinski definition) is 2. The van der Waals surface area contributed by atoms with E-state index in [1.165, 1.54) is 11.1 Å². The minimum absolute atomic E-state index is 0.0258. The minimum atomic E-state index is -0.241. The van der Waals surface area contributed by atoms with Crippen molar-refractivity contribution in [1.29, 1.82) is 0 Å². The third kappa shape index (κ3) is 2.14. The van der Waals surface area contributed by atoms with Gasteiger partial charge >= 0.3 is 0 Å². The number of allylic oxidation sites excluding steroid dienone is 3. The van der Waals surface area contributed by atoms with Crippen molar-refractivity contribution in [3.8, 4) is 0 Å². The maximum Gasteiger partial charge on any atom is 0.159 e. The van der Waals surface area contributed by atoms with Crippen molar-refractivity contribution < 1.29 is 9.90 Å². The highest BCUT2D eigenvalue weighted by molar-refractivity contribution is 5.99. The van der Waals surface area contributed by atoms with Gasteiger partial charge in [-0.1, -0.05) is 31.1 Å². The van der Waals surface area contributed by atoms with Gasteiger partial charge in [0, 0.05) is 11.8 Å². The van der Waals surface area contributed by atoms with E-state index in [9.17, 15) is 9.90 Å². The molecule has 5 atom stereocenters. The molecule has 0 aromatic heterocycles. The molecule has 0 radical (unpaired) electrons. The Labute approximate surface area is 134 Å². The van der Waals surface area contributed by atoms with Crippen molar-refractivity contribution in [2.24, 2.45) is 22.7 Å². The summed E-state index contributed by atoms with van der Waals surface area (Å²) >= 11 is 0. The molecular formula is C20H30O2. The number of fused-ring (bicyclic) bond motifs is 2. The maximum atomic E-state index is 12.6. The average molecular weight is 302 g/mol. The third-order valence-corrected chi connectivity index (χ3v) is 7.01. The predicted octanol–water partition coefficient (Wildman–Crippen LogP) is 4.44. The van der Waals surface area contributed by atoms with Gasteiger partial charge in [0.25, 0.3) is 0 Å². The van der Waals surface area contributed by atoms with E-state index in [4.69, 9.17) is 0 Å². The van der Waals surface area contributed by atoms with Crippen LogP contribution in [0.15, 0.2) is 22.8 Å². The van der Waals surface area contributed by atoms with Gasteiger partial charge in [0.15, 0.2) is 5.78 Å². The number of Topliss-reactive ketones (excluding diaryl/α,β-unsaturated/α-hetero) is 1. The SMILES string of the molecule is CC1=CC[C@H](O)[C@@]2(C)CC[C@H]3C(=C(C)C)C(=O)C[C@]3(C)C[C@H]12. The normalized spacial score (nSPS) is 45.0. The Bertz CT molecular complexity index is 566. The Balaban J connectivity index is 2.05. The fourth-order valence-electron chi connectivity index (χ4n) is 5.58. The van der Waals surface area contributed by atoms with Gasteiger partial charge in [-0.2, -0.15) is 0 Å². The second-order valence-electron chi connectivity index (χ2n) is 8.72. The van der Waals surface area contributed by atoms with Crippen molar-refractivity contribution in [3.05, 3.63) is 22.8 Å². The fourth-order valence-corrected chi connectivity index (χ4v) is 5.58. The Morgan fingerprint density at radius 2 is 1.95 bits per heavy atom. The van der Waals surface area contributed by atoms with E-state index in [1.807, 2.05) is 0 Å². The van der Waals surface area contributed by atoms with Gasteiger partial charge in [0.2, 0.25) is 0 Å². The van der Waals surface area contributed by atoms with E-state index in [2.05, 4.69) is 40.7 Å². The number of ketones is 1. The molecule has 3 aliphatic carbocycles. The molecule has 22 heavy (non-hydrogen) atoms. The lowest BCUT2D eigenvalue weighted by Crippen LogP contribution is -2.42. The first kappa shape index (κ1) is 16.0. The summed E-state index contributed by atoms with van der Waals surface area (Å²) in [5, 5.41) is 10.7. The van der Waals surface area contributed by atoms with Gasteiger partial charge in [-0.25, -0.2) is 0 Å². The summed E-state index contributed by atoms with van der Waals surface area (Å²) in [7, 11) is 0. The second kappa shape index (κ2) is 5.06. The maximum absolute atomic E-state index is 12.6. The summed E-state index contributed by atoms with van der Waals surface area (Å²) in [6, 6.07) is 0. The first-order chi connectivity index (χ1) is 10.2. The predicted molar refractivity (Wildman–Crippen MR) is 89.4 cm³/mol. The molecular weight excluding hydrogens is 272 g/mol. The van der Waals surface area contributed by atoms with Crippen molar-refractivity contribution in [1.82, 2.24) is 0 Å². The first-order valence-corrected chi connectivity index (χ1v) is 8.74. The van der Waals surface area contributed by atoms with Crippen molar-refractivity contribution in [2.75, 3.05) is 0 Å². The standard InChI is InChI=1S/C20H30O2/c1-12(2)18-14-8-9-20(5)15(13(3)6-7-17(20)22)10-19(14,4)11-16(18)21/h6,14-15,17,22H,7-11H2,1-5H3/t14-,15+,17-,19-,20-/m0/s1. The van der Waals surface area contributed by atoms with Gasteiger partial charge < -0.3 is 5.11 Å². The highest BCUT2D eigenvalue weighted by Gasteiger charge is 2.55. The Morgan fingerprint density at radius 1 is 1.27 bits per heavy atom.